The van der Waals surface area contributed by atoms with Gasteiger partial charge in [-0.05, 0) is 39.0 Å². The molecule has 23 heavy (non-hydrogen) atoms. The summed E-state index contributed by atoms with van der Waals surface area (Å²) in [6, 6.07) is -0.711. The van der Waals surface area contributed by atoms with Crippen molar-refractivity contribution in [3.8, 4) is 0 Å². The van der Waals surface area contributed by atoms with Crippen LogP contribution in [0.1, 0.15) is 46.5 Å². The van der Waals surface area contributed by atoms with Crippen molar-refractivity contribution in [2.45, 2.75) is 58.6 Å². The zero-order chi connectivity index (χ0) is 17.0. The summed E-state index contributed by atoms with van der Waals surface area (Å²) < 4.78 is 0. The van der Waals surface area contributed by atoms with Crippen LogP contribution in [0.15, 0.2) is 17.1 Å². The first-order valence-corrected chi connectivity index (χ1v) is 7.88. The van der Waals surface area contributed by atoms with Gasteiger partial charge in [-0.25, -0.2) is 0 Å². The summed E-state index contributed by atoms with van der Waals surface area (Å²) in [6.07, 6.45) is 6.61. The number of allylic oxidation sites excluding steroid dienone is 2. The molecule has 2 N–H and O–H groups in total. The smallest absolute Gasteiger partial charge is 0.862 e. The van der Waals surface area contributed by atoms with Gasteiger partial charge in [-0.1, -0.05) is 25.5 Å². The van der Waals surface area contributed by atoms with E-state index in [2.05, 4.69) is 18.0 Å². The summed E-state index contributed by atoms with van der Waals surface area (Å²) >= 11 is 0. The maximum Gasteiger partial charge on any atom is 1.00 e. The number of carbonyl (C=O) groups is 1. The molecule has 2 unspecified atom stereocenters. The first-order chi connectivity index (χ1) is 10.4. The van der Waals surface area contributed by atoms with Gasteiger partial charge in [-0.15, -0.1) is 0 Å². The Bertz CT molecular complexity index is 373. The minimum Gasteiger partial charge on any atom is -0.862 e. The van der Waals surface area contributed by atoms with E-state index in [9.17, 15) is 15.0 Å². The molecule has 2 atom stereocenters. The Morgan fingerprint density at radius 3 is 2.43 bits per heavy atom. The van der Waals surface area contributed by atoms with Gasteiger partial charge < -0.3 is 20.3 Å². The van der Waals surface area contributed by atoms with Gasteiger partial charge in [0.05, 0.1) is 12.6 Å². The van der Waals surface area contributed by atoms with Gasteiger partial charge in [0.1, 0.15) is 6.04 Å². The number of hydrogen-bond donors (Lipinski definition) is 2. The molecule has 0 bridgehead atoms. The standard InChI is InChI=1S/C16H30N2O4.Li/c1-4-5-6-7-8-9-15(20)17-10-11-18(12-13(2)19)14(3)16(21)22;/h6-7,13-14,19H,4-5,8-12H2,1-3H3,(H,17,20)(H,21,22);/q;+1/p-1/b7-6+;. The number of rotatable bonds is 12. The Hall–Kier alpha value is -0.803. The molecule has 0 aliphatic carbocycles. The number of nitrogens with zero attached hydrogens (tertiary/aromatic N) is 2. The summed E-state index contributed by atoms with van der Waals surface area (Å²) in [6.45, 7) is 6.11. The van der Waals surface area contributed by atoms with Crippen molar-refractivity contribution >= 4 is 11.9 Å². The van der Waals surface area contributed by atoms with Crippen LogP contribution >= 0.6 is 0 Å². The second-order valence-electron chi connectivity index (χ2n) is 5.43. The zero-order valence-corrected chi connectivity index (χ0v) is 14.9. The monoisotopic (exact) mass is 320 g/mol. The predicted molar refractivity (Wildman–Crippen MR) is 85.9 cm³/mol. The normalized spacial score (nSPS) is 14.7. The van der Waals surface area contributed by atoms with E-state index in [0.29, 0.717) is 19.4 Å². The maximum absolute atomic E-state index is 11.6. The van der Waals surface area contributed by atoms with Crippen LogP contribution in [-0.2, 0) is 4.79 Å². The molecule has 0 radical (unpaired) electrons. The molecule has 7 heteroatoms. The van der Waals surface area contributed by atoms with Gasteiger partial charge in [-0.2, -0.15) is 0 Å². The molecule has 0 aliphatic heterocycles. The van der Waals surface area contributed by atoms with Crippen molar-refractivity contribution in [2.75, 3.05) is 19.6 Å². The average molecular weight is 320 g/mol. The van der Waals surface area contributed by atoms with Gasteiger partial charge in [0.2, 0.25) is 0 Å². The molecule has 6 nitrogen and oxygen atoms in total. The van der Waals surface area contributed by atoms with Gasteiger partial charge in [-0.3, -0.25) is 9.69 Å². The fourth-order valence-electron chi connectivity index (χ4n) is 1.93. The molecule has 0 rings (SSSR count). The molecule has 0 heterocycles. The van der Waals surface area contributed by atoms with Gasteiger partial charge in [0.25, 0.3) is 0 Å². The largest absolute Gasteiger partial charge is 1.00 e. The molecular weight excluding hydrogens is 291 g/mol. The molecule has 0 saturated heterocycles. The van der Waals surface area contributed by atoms with Crippen LogP contribution in [0.25, 0.3) is 0 Å². The molecule has 0 saturated carbocycles. The molecule has 0 fully saturated rings. The van der Waals surface area contributed by atoms with Crippen LogP contribution in [0.3, 0.4) is 0 Å². The van der Waals surface area contributed by atoms with Gasteiger partial charge >= 0.3 is 24.8 Å². The van der Waals surface area contributed by atoms with Crippen LogP contribution in [0, 0.1) is 0 Å². The summed E-state index contributed by atoms with van der Waals surface area (Å²) in [4.78, 5) is 16.6. The van der Waals surface area contributed by atoms with Crippen LogP contribution in [0.4, 0.5) is 0 Å². The molecular formula is C16H29LiN2O4. The second kappa shape index (κ2) is 14.8. The number of unbranched alkanes of at least 4 members (excludes halogenated alkanes) is 1. The number of aliphatic hydroxyl groups is 1. The number of aliphatic carboxylic acids is 1. The average Bonchev–Trinajstić information content (AvgIpc) is 2.44. The summed E-state index contributed by atoms with van der Waals surface area (Å²) in [5.41, 5.74) is 0. The first-order valence-electron chi connectivity index (χ1n) is 7.88. The maximum atomic E-state index is 11.6. The number of aliphatic hydroxyl groups excluding tert-OH is 1. The fraction of sp³-hybridized carbons (Fsp3) is 0.750. The Kier molecular flexibility index (Phi) is 15.7. The first kappa shape index (κ1) is 24.4. The van der Waals surface area contributed by atoms with Gasteiger partial charge in [0.15, 0.2) is 0 Å². The Labute approximate surface area is 151 Å². The molecule has 0 aromatic carbocycles. The minimum atomic E-state index is -0.951. The Balaban J connectivity index is 0. The number of hydrogen-bond acceptors (Lipinski definition) is 5. The van der Waals surface area contributed by atoms with Crippen LogP contribution in [0.5, 0.6) is 0 Å². The van der Waals surface area contributed by atoms with Crippen LogP contribution in [0.2, 0.25) is 0 Å². The van der Waals surface area contributed by atoms with Gasteiger partial charge in [0, 0.05) is 13.1 Å². The second-order valence-corrected chi connectivity index (χ2v) is 5.43. The van der Waals surface area contributed by atoms with Crippen LogP contribution < -0.4 is 24.0 Å². The van der Waals surface area contributed by atoms with E-state index in [1.807, 2.05) is 6.08 Å². The van der Waals surface area contributed by atoms with E-state index in [1.165, 1.54) is 0 Å². The number of carboxylic acids is 1. The third kappa shape index (κ3) is 13.3. The van der Waals surface area contributed by atoms with Crippen molar-refractivity contribution in [3.63, 3.8) is 0 Å². The van der Waals surface area contributed by atoms with E-state index in [1.54, 1.807) is 18.7 Å². The Morgan fingerprint density at radius 1 is 1.30 bits per heavy atom. The topological polar surface area (TPSA) is 96.2 Å². The van der Waals surface area contributed by atoms with Crippen molar-refractivity contribution in [3.05, 3.63) is 12.2 Å². The van der Waals surface area contributed by atoms with Crippen molar-refractivity contribution < 1.29 is 39.0 Å². The molecule has 0 amide bonds. The third-order valence-electron chi connectivity index (χ3n) is 3.23. The molecule has 0 aliphatic rings. The van der Waals surface area contributed by atoms with E-state index in [4.69, 9.17) is 5.11 Å². The van der Waals surface area contributed by atoms with Crippen molar-refractivity contribution in [1.82, 2.24) is 4.90 Å². The van der Waals surface area contributed by atoms with E-state index in [-0.39, 0.29) is 37.8 Å². The van der Waals surface area contributed by atoms with E-state index < -0.39 is 18.1 Å². The van der Waals surface area contributed by atoms with Crippen molar-refractivity contribution in [2.24, 2.45) is 4.99 Å². The summed E-state index contributed by atoms with van der Waals surface area (Å²) in [5, 5.41) is 30.0. The van der Waals surface area contributed by atoms with E-state index >= 15 is 0 Å². The number of aliphatic imine (C=N–C) groups is 1. The predicted octanol–water partition coefficient (Wildman–Crippen LogP) is -1.96. The van der Waals surface area contributed by atoms with Crippen molar-refractivity contribution in [1.29, 1.82) is 0 Å². The SMILES string of the molecule is CCC/C=C/CCC([O-])=NCCN(CC(C)O)C(C)C(=O)O.[Li+]. The summed E-state index contributed by atoms with van der Waals surface area (Å²) in [7, 11) is 0. The Morgan fingerprint density at radius 2 is 1.91 bits per heavy atom. The molecule has 0 aromatic heterocycles. The zero-order valence-electron chi connectivity index (χ0n) is 14.9. The van der Waals surface area contributed by atoms with E-state index in [0.717, 1.165) is 12.8 Å². The fourth-order valence-corrected chi connectivity index (χ4v) is 1.93. The third-order valence-corrected chi connectivity index (χ3v) is 3.23. The van der Waals surface area contributed by atoms with Crippen LogP contribution in [-0.4, -0.2) is 58.8 Å². The summed E-state index contributed by atoms with van der Waals surface area (Å²) in [5.74, 6) is -1.12. The number of carboxylic acid groups (broad SMARTS) is 1. The molecule has 128 valence electrons. The quantitative estimate of drug-likeness (QED) is 0.188. The molecule has 0 aromatic rings. The molecule has 0 spiro atoms. The minimum absolute atomic E-state index is 0.